The molecule has 0 amide bonds. The van der Waals surface area contributed by atoms with Crippen molar-refractivity contribution in [1.82, 2.24) is 0 Å². The molecule has 0 radical (unpaired) electrons. The van der Waals surface area contributed by atoms with Crippen LogP contribution in [-0.4, -0.2) is 11.7 Å². The van der Waals surface area contributed by atoms with Crippen molar-refractivity contribution in [3.63, 3.8) is 0 Å². The normalized spacial score (nSPS) is 25.5. The third-order valence-corrected chi connectivity index (χ3v) is 4.07. The van der Waals surface area contributed by atoms with Gasteiger partial charge in [-0.2, -0.15) is 0 Å². The molecular weight excluding hydrogens is 148 g/mol. The minimum absolute atomic E-state index is 0.278. The summed E-state index contributed by atoms with van der Waals surface area (Å²) in [6.45, 7) is 11.6. The van der Waals surface area contributed by atoms with Crippen molar-refractivity contribution in [3.8, 4) is 0 Å². The molecule has 0 atom stereocenters. The second kappa shape index (κ2) is 2.59. The molecule has 0 aliphatic heterocycles. The van der Waals surface area contributed by atoms with Crippen molar-refractivity contribution >= 4 is 0 Å². The molecule has 70 valence electrons. The molecule has 0 aromatic rings. The van der Waals surface area contributed by atoms with Crippen molar-refractivity contribution in [2.45, 2.75) is 41.0 Å². The summed E-state index contributed by atoms with van der Waals surface area (Å²) in [6, 6.07) is 0. The molecule has 0 aromatic carbocycles. The van der Waals surface area contributed by atoms with Crippen molar-refractivity contribution in [2.75, 3.05) is 6.61 Å². The molecule has 1 aliphatic rings. The summed E-state index contributed by atoms with van der Waals surface area (Å²) in [6.07, 6.45) is 0.849. The largest absolute Gasteiger partial charge is 0.396 e. The highest BCUT2D eigenvalue weighted by molar-refractivity contribution is 5.39. The molecule has 1 nitrogen and oxygen atoms in total. The standard InChI is InChI=1S/C11H20O/c1-8-9(6-7-12)11(4,5)10(8,2)3/h12H,6-7H2,1-5H3. The van der Waals surface area contributed by atoms with Crippen molar-refractivity contribution in [3.05, 3.63) is 11.1 Å². The summed E-state index contributed by atoms with van der Waals surface area (Å²) in [5, 5.41) is 8.89. The van der Waals surface area contributed by atoms with E-state index in [9.17, 15) is 0 Å². The first-order chi connectivity index (χ1) is 5.35. The SMILES string of the molecule is CC1=C(CCO)C(C)(C)C1(C)C. The fourth-order valence-corrected chi connectivity index (χ4v) is 2.24. The minimum atomic E-state index is 0.278. The number of aliphatic hydroxyl groups excluding tert-OH is 1. The van der Waals surface area contributed by atoms with Gasteiger partial charge < -0.3 is 5.11 Å². The quantitative estimate of drug-likeness (QED) is 0.629. The number of hydrogen-bond acceptors (Lipinski definition) is 1. The first-order valence-electron chi connectivity index (χ1n) is 4.67. The zero-order chi connectivity index (χ0) is 9.57. The van der Waals surface area contributed by atoms with Gasteiger partial charge in [0.25, 0.3) is 0 Å². The second-order valence-electron chi connectivity index (χ2n) is 4.83. The van der Waals surface area contributed by atoms with E-state index in [1.807, 2.05) is 0 Å². The van der Waals surface area contributed by atoms with Gasteiger partial charge in [-0.3, -0.25) is 0 Å². The third kappa shape index (κ3) is 0.957. The van der Waals surface area contributed by atoms with Crippen molar-refractivity contribution in [1.29, 1.82) is 0 Å². The van der Waals surface area contributed by atoms with E-state index in [0.717, 1.165) is 6.42 Å². The van der Waals surface area contributed by atoms with E-state index < -0.39 is 0 Å². The van der Waals surface area contributed by atoms with Gasteiger partial charge in [-0.25, -0.2) is 0 Å². The Labute approximate surface area is 75.5 Å². The predicted octanol–water partition coefficient (Wildman–Crippen LogP) is 2.75. The Balaban J connectivity index is 2.95. The Bertz CT molecular complexity index is 221. The fourth-order valence-electron chi connectivity index (χ4n) is 2.24. The van der Waals surface area contributed by atoms with E-state index in [1.54, 1.807) is 0 Å². The van der Waals surface area contributed by atoms with Gasteiger partial charge in [0.2, 0.25) is 0 Å². The number of allylic oxidation sites excluding steroid dienone is 1. The van der Waals surface area contributed by atoms with E-state index in [1.165, 1.54) is 11.1 Å². The lowest BCUT2D eigenvalue weighted by molar-refractivity contribution is 0.127. The summed E-state index contributed by atoms with van der Waals surface area (Å²) >= 11 is 0. The van der Waals surface area contributed by atoms with E-state index >= 15 is 0 Å². The van der Waals surface area contributed by atoms with Gasteiger partial charge in [-0.1, -0.05) is 38.8 Å². The van der Waals surface area contributed by atoms with Crippen LogP contribution < -0.4 is 0 Å². The Morgan fingerprint density at radius 2 is 1.58 bits per heavy atom. The van der Waals surface area contributed by atoms with Gasteiger partial charge in [0.1, 0.15) is 0 Å². The van der Waals surface area contributed by atoms with Crippen LogP contribution >= 0.6 is 0 Å². The van der Waals surface area contributed by atoms with Gasteiger partial charge in [-0.15, -0.1) is 0 Å². The smallest absolute Gasteiger partial charge is 0.0468 e. The number of rotatable bonds is 2. The molecule has 0 saturated heterocycles. The Kier molecular flexibility index (Phi) is 2.12. The summed E-state index contributed by atoms with van der Waals surface area (Å²) in [5.41, 5.74) is 3.52. The molecule has 0 unspecified atom stereocenters. The highest BCUT2D eigenvalue weighted by atomic mass is 16.3. The van der Waals surface area contributed by atoms with Crippen molar-refractivity contribution in [2.24, 2.45) is 10.8 Å². The Hall–Kier alpha value is -0.300. The Morgan fingerprint density at radius 3 is 1.92 bits per heavy atom. The molecule has 1 rings (SSSR count). The zero-order valence-corrected chi connectivity index (χ0v) is 8.86. The first-order valence-corrected chi connectivity index (χ1v) is 4.67. The van der Waals surface area contributed by atoms with Gasteiger partial charge in [0.05, 0.1) is 0 Å². The highest BCUT2D eigenvalue weighted by Crippen LogP contribution is 2.60. The van der Waals surface area contributed by atoms with E-state index in [0.29, 0.717) is 5.41 Å². The molecule has 0 saturated carbocycles. The zero-order valence-electron chi connectivity index (χ0n) is 8.86. The van der Waals surface area contributed by atoms with Crippen LogP contribution in [0.5, 0.6) is 0 Å². The van der Waals surface area contributed by atoms with E-state index in [4.69, 9.17) is 5.11 Å². The molecular formula is C11H20O. The van der Waals surface area contributed by atoms with Gasteiger partial charge in [-0.05, 0) is 24.2 Å². The van der Waals surface area contributed by atoms with Crippen LogP contribution in [0.4, 0.5) is 0 Å². The van der Waals surface area contributed by atoms with Crippen LogP contribution in [0.1, 0.15) is 41.0 Å². The topological polar surface area (TPSA) is 20.2 Å². The molecule has 12 heavy (non-hydrogen) atoms. The first kappa shape index (κ1) is 9.79. The molecule has 0 fully saturated rings. The second-order valence-corrected chi connectivity index (χ2v) is 4.83. The monoisotopic (exact) mass is 168 g/mol. The summed E-state index contributed by atoms with van der Waals surface area (Å²) in [5.74, 6) is 0. The molecule has 0 spiro atoms. The van der Waals surface area contributed by atoms with Crippen LogP contribution in [0.2, 0.25) is 0 Å². The Morgan fingerprint density at radius 1 is 1.08 bits per heavy atom. The maximum Gasteiger partial charge on any atom is 0.0468 e. The van der Waals surface area contributed by atoms with Gasteiger partial charge in [0, 0.05) is 6.61 Å². The lowest BCUT2D eigenvalue weighted by Crippen LogP contribution is -2.45. The average molecular weight is 168 g/mol. The number of aliphatic hydroxyl groups is 1. The molecule has 1 N–H and O–H groups in total. The van der Waals surface area contributed by atoms with Crippen LogP contribution in [-0.2, 0) is 0 Å². The highest BCUT2D eigenvalue weighted by Gasteiger charge is 2.50. The molecule has 0 aromatic heterocycles. The van der Waals surface area contributed by atoms with Gasteiger partial charge >= 0.3 is 0 Å². The molecule has 1 heteroatoms. The summed E-state index contributed by atoms with van der Waals surface area (Å²) in [4.78, 5) is 0. The summed E-state index contributed by atoms with van der Waals surface area (Å²) in [7, 11) is 0. The lowest BCUT2D eigenvalue weighted by atomic mass is 9.49. The maximum absolute atomic E-state index is 8.89. The maximum atomic E-state index is 8.89. The van der Waals surface area contributed by atoms with Crippen LogP contribution in [0.25, 0.3) is 0 Å². The van der Waals surface area contributed by atoms with E-state index in [-0.39, 0.29) is 12.0 Å². The average Bonchev–Trinajstić information content (AvgIpc) is 1.98. The third-order valence-electron chi connectivity index (χ3n) is 4.07. The van der Waals surface area contributed by atoms with Crippen LogP contribution in [0.15, 0.2) is 11.1 Å². The molecule has 0 bridgehead atoms. The molecule has 0 heterocycles. The summed E-state index contributed by atoms with van der Waals surface area (Å²) < 4.78 is 0. The van der Waals surface area contributed by atoms with Crippen LogP contribution in [0.3, 0.4) is 0 Å². The fraction of sp³-hybridized carbons (Fsp3) is 0.818. The molecule has 1 aliphatic carbocycles. The van der Waals surface area contributed by atoms with E-state index in [2.05, 4.69) is 34.6 Å². The van der Waals surface area contributed by atoms with Crippen molar-refractivity contribution < 1.29 is 5.11 Å². The van der Waals surface area contributed by atoms with Gasteiger partial charge in [0.15, 0.2) is 0 Å². The lowest BCUT2D eigenvalue weighted by Gasteiger charge is -2.55. The minimum Gasteiger partial charge on any atom is -0.396 e. The predicted molar refractivity (Wildman–Crippen MR) is 52.0 cm³/mol. The van der Waals surface area contributed by atoms with Crippen LogP contribution in [0, 0.1) is 10.8 Å². The number of hydrogen-bond donors (Lipinski definition) is 1.